The van der Waals surface area contributed by atoms with Crippen molar-refractivity contribution < 1.29 is 0 Å². The maximum absolute atomic E-state index is 13.4. The first kappa shape index (κ1) is 20.6. The van der Waals surface area contributed by atoms with E-state index in [0.29, 0.717) is 42.2 Å². The molecule has 158 valence electrons. The maximum atomic E-state index is 13.4. The SMILES string of the molecule is CCn1c(N(C)CC(C)N)nc2cnn(Cc3ccc(C#N)c4ccccc34)c(=O)c21. The lowest BCUT2D eigenvalue weighted by molar-refractivity contribution is 0.641. The third-order valence-electron chi connectivity index (χ3n) is 5.41. The zero-order chi connectivity index (χ0) is 22.1. The Labute approximate surface area is 180 Å². The van der Waals surface area contributed by atoms with Gasteiger partial charge in [-0.2, -0.15) is 10.4 Å². The highest BCUT2D eigenvalue weighted by atomic mass is 16.1. The summed E-state index contributed by atoms with van der Waals surface area (Å²) >= 11 is 0. The van der Waals surface area contributed by atoms with Crippen molar-refractivity contribution in [1.29, 1.82) is 5.26 Å². The monoisotopic (exact) mass is 415 g/mol. The van der Waals surface area contributed by atoms with Crippen LogP contribution >= 0.6 is 0 Å². The van der Waals surface area contributed by atoms with Crippen LogP contribution in [-0.2, 0) is 13.1 Å². The predicted molar refractivity (Wildman–Crippen MR) is 122 cm³/mol. The van der Waals surface area contributed by atoms with Crippen LogP contribution in [0.25, 0.3) is 21.8 Å². The summed E-state index contributed by atoms with van der Waals surface area (Å²) in [6.45, 7) is 5.46. The molecule has 8 nitrogen and oxygen atoms in total. The van der Waals surface area contributed by atoms with Crippen LogP contribution in [0.5, 0.6) is 0 Å². The molecule has 0 spiro atoms. The quantitative estimate of drug-likeness (QED) is 0.519. The van der Waals surface area contributed by atoms with Crippen LogP contribution in [0.4, 0.5) is 5.95 Å². The zero-order valence-corrected chi connectivity index (χ0v) is 17.9. The lowest BCUT2D eigenvalue weighted by atomic mass is 10.00. The van der Waals surface area contributed by atoms with Crippen LogP contribution in [-0.4, -0.2) is 39.0 Å². The molecule has 0 aliphatic heterocycles. The van der Waals surface area contributed by atoms with E-state index >= 15 is 0 Å². The summed E-state index contributed by atoms with van der Waals surface area (Å²) in [5.41, 5.74) is 8.39. The molecule has 2 aromatic carbocycles. The second kappa shape index (κ2) is 8.20. The van der Waals surface area contributed by atoms with Crippen LogP contribution in [0.1, 0.15) is 25.0 Å². The van der Waals surface area contributed by atoms with Crippen molar-refractivity contribution in [3.05, 3.63) is 64.1 Å². The maximum Gasteiger partial charge on any atom is 0.293 e. The summed E-state index contributed by atoms with van der Waals surface area (Å²) in [5, 5.41) is 15.6. The van der Waals surface area contributed by atoms with Gasteiger partial charge in [0.15, 0.2) is 0 Å². The number of nitrogens with zero attached hydrogens (tertiary/aromatic N) is 6. The molecule has 0 fully saturated rings. The van der Waals surface area contributed by atoms with Crippen molar-refractivity contribution in [3.8, 4) is 6.07 Å². The minimum atomic E-state index is -0.194. The summed E-state index contributed by atoms with van der Waals surface area (Å²) < 4.78 is 3.37. The fraction of sp³-hybridized carbons (Fsp3) is 0.304. The van der Waals surface area contributed by atoms with E-state index in [9.17, 15) is 10.1 Å². The summed E-state index contributed by atoms with van der Waals surface area (Å²) in [6, 6.07) is 13.6. The fourth-order valence-corrected chi connectivity index (χ4v) is 4.05. The largest absolute Gasteiger partial charge is 0.344 e. The van der Waals surface area contributed by atoms with E-state index in [-0.39, 0.29) is 11.6 Å². The third kappa shape index (κ3) is 3.64. The van der Waals surface area contributed by atoms with Crippen molar-refractivity contribution >= 4 is 27.8 Å². The number of anilines is 1. The normalized spacial score (nSPS) is 12.2. The van der Waals surface area contributed by atoms with Crippen molar-refractivity contribution in [3.63, 3.8) is 0 Å². The first-order chi connectivity index (χ1) is 14.9. The fourth-order valence-electron chi connectivity index (χ4n) is 4.05. The summed E-state index contributed by atoms with van der Waals surface area (Å²) in [5.74, 6) is 0.704. The number of hydrogen-bond acceptors (Lipinski definition) is 6. The highest BCUT2D eigenvalue weighted by Crippen LogP contribution is 2.23. The minimum Gasteiger partial charge on any atom is -0.344 e. The third-order valence-corrected chi connectivity index (χ3v) is 5.41. The molecule has 2 aromatic heterocycles. The van der Waals surface area contributed by atoms with Gasteiger partial charge in [-0.3, -0.25) is 4.79 Å². The Bertz CT molecular complexity index is 1360. The molecule has 4 aromatic rings. The van der Waals surface area contributed by atoms with Crippen LogP contribution < -0.4 is 16.2 Å². The van der Waals surface area contributed by atoms with Crippen molar-refractivity contribution in [2.45, 2.75) is 33.0 Å². The molecule has 0 saturated heterocycles. The molecule has 0 bridgehead atoms. The second-order valence-corrected chi connectivity index (χ2v) is 7.78. The number of likely N-dealkylation sites (N-methyl/N-ethyl adjacent to an activating group) is 1. The van der Waals surface area contributed by atoms with Gasteiger partial charge in [-0.15, -0.1) is 0 Å². The van der Waals surface area contributed by atoms with Gasteiger partial charge in [0.1, 0.15) is 11.0 Å². The molecule has 4 rings (SSSR count). The number of nitrogens with two attached hydrogens (primary N) is 1. The number of fused-ring (bicyclic) bond motifs is 2. The topological polar surface area (TPSA) is 106 Å². The standard InChI is InChI=1S/C23H25N7O/c1-4-29-21-20(27-23(29)28(3)13-15(2)25)12-26-30(22(21)31)14-17-10-9-16(11-24)18-7-5-6-8-19(17)18/h5-10,12,15H,4,13-14,25H2,1-3H3. The van der Waals surface area contributed by atoms with Gasteiger partial charge in [0.25, 0.3) is 5.56 Å². The lowest BCUT2D eigenvalue weighted by Gasteiger charge is -2.21. The van der Waals surface area contributed by atoms with E-state index in [2.05, 4.69) is 16.2 Å². The Balaban J connectivity index is 1.82. The number of nitriles is 1. The molecule has 0 aliphatic carbocycles. The van der Waals surface area contributed by atoms with Gasteiger partial charge in [-0.05, 0) is 36.2 Å². The van der Waals surface area contributed by atoms with E-state index < -0.39 is 0 Å². The van der Waals surface area contributed by atoms with Gasteiger partial charge in [0.05, 0.1) is 24.4 Å². The molecule has 0 saturated carbocycles. The number of aryl methyl sites for hydroxylation is 1. The molecule has 0 radical (unpaired) electrons. The average Bonchev–Trinajstić information content (AvgIpc) is 3.15. The smallest absolute Gasteiger partial charge is 0.293 e. The van der Waals surface area contributed by atoms with Crippen LogP contribution in [0.15, 0.2) is 47.4 Å². The summed E-state index contributed by atoms with van der Waals surface area (Å²) in [4.78, 5) is 20.0. The van der Waals surface area contributed by atoms with Crippen molar-refractivity contribution in [2.24, 2.45) is 5.73 Å². The van der Waals surface area contributed by atoms with Crippen molar-refractivity contribution in [2.75, 3.05) is 18.5 Å². The average molecular weight is 416 g/mol. The highest BCUT2D eigenvalue weighted by Gasteiger charge is 2.19. The zero-order valence-electron chi connectivity index (χ0n) is 17.9. The predicted octanol–water partition coefficient (Wildman–Crippen LogP) is 2.47. The molecule has 8 heteroatoms. The number of hydrogen-bond donors (Lipinski definition) is 1. The number of benzene rings is 2. The Hall–Kier alpha value is -3.70. The molecule has 2 heterocycles. The molecular weight excluding hydrogens is 390 g/mol. The van der Waals surface area contributed by atoms with Gasteiger partial charge >= 0.3 is 0 Å². The molecule has 1 atom stereocenters. The number of aromatic nitrogens is 4. The molecule has 1 unspecified atom stereocenters. The summed E-state index contributed by atoms with van der Waals surface area (Å²) in [6.07, 6.45) is 1.64. The Kier molecular flexibility index (Phi) is 5.44. The van der Waals surface area contributed by atoms with Gasteiger partial charge in [-0.1, -0.05) is 30.3 Å². The Morgan fingerprint density at radius 3 is 2.65 bits per heavy atom. The van der Waals surface area contributed by atoms with Gasteiger partial charge in [-0.25, -0.2) is 9.67 Å². The van der Waals surface area contributed by atoms with E-state index in [1.54, 1.807) is 12.3 Å². The molecule has 31 heavy (non-hydrogen) atoms. The van der Waals surface area contributed by atoms with Gasteiger partial charge in [0, 0.05) is 26.2 Å². The Morgan fingerprint density at radius 1 is 1.23 bits per heavy atom. The van der Waals surface area contributed by atoms with E-state index in [1.165, 1.54) is 4.68 Å². The first-order valence-corrected chi connectivity index (χ1v) is 10.3. The van der Waals surface area contributed by atoms with Crippen LogP contribution in [0.2, 0.25) is 0 Å². The van der Waals surface area contributed by atoms with E-state index in [0.717, 1.165) is 16.3 Å². The van der Waals surface area contributed by atoms with Crippen LogP contribution in [0.3, 0.4) is 0 Å². The second-order valence-electron chi connectivity index (χ2n) is 7.78. The summed E-state index contributed by atoms with van der Waals surface area (Å²) in [7, 11) is 1.92. The van der Waals surface area contributed by atoms with Crippen molar-refractivity contribution in [1.82, 2.24) is 19.3 Å². The molecular formula is C23H25N7O. The molecule has 0 amide bonds. The Morgan fingerprint density at radius 2 is 1.97 bits per heavy atom. The lowest BCUT2D eigenvalue weighted by Crippen LogP contribution is -2.34. The van der Waals surface area contributed by atoms with E-state index in [4.69, 9.17) is 5.73 Å². The van der Waals surface area contributed by atoms with E-state index in [1.807, 2.05) is 60.7 Å². The van der Waals surface area contributed by atoms with Gasteiger partial charge in [0.2, 0.25) is 5.95 Å². The number of rotatable bonds is 6. The minimum absolute atomic E-state index is 0.0189. The highest BCUT2D eigenvalue weighted by molar-refractivity contribution is 5.90. The molecule has 0 aliphatic rings. The number of imidazole rings is 1. The van der Waals surface area contributed by atoms with Gasteiger partial charge < -0.3 is 15.2 Å². The first-order valence-electron chi connectivity index (χ1n) is 10.3. The van der Waals surface area contributed by atoms with Crippen LogP contribution in [0, 0.1) is 11.3 Å². The molecule has 2 N–H and O–H groups in total.